The first-order valence-electron chi connectivity index (χ1n) is 5.29. The molecule has 2 saturated carbocycles. The Labute approximate surface area is 80.0 Å². The van der Waals surface area contributed by atoms with E-state index in [-0.39, 0.29) is 18.6 Å². The van der Waals surface area contributed by atoms with E-state index in [4.69, 9.17) is 0 Å². The minimum atomic E-state index is -0.284. The Hall–Kier alpha value is -0.0800. The van der Waals surface area contributed by atoms with Crippen molar-refractivity contribution in [3.05, 3.63) is 0 Å². The van der Waals surface area contributed by atoms with E-state index in [9.17, 15) is 10.2 Å². The summed E-state index contributed by atoms with van der Waals surface area (Å²) in [4.78, 5) is 0. The van der Waals surface area contributed by atoms with E-state index in [2.05, 4.69) is 20.8 Å². The van der Waals surface area contributed by atoms with E-state index in [0.29, 0.717) is 17.3 Å². The topological polar surface area (TPSA) is 40.5 Å². The smallest absolute Gasteiger partial charge is 0.0618 e. The van der Waals surface area contributed by atoms with Crippen molar-refractivity contribution in [3.8, 4) is 0 Å². The number of hydrogen-bond acceptors (Lipinski definition) is 2. The van der Waals surface area contributed by atoms with E-state index >= 15 is 0 Å². The van der Waals surface area contributed by atoms with Gasteiger partial charge in [0.15, 0.2) is 0 Å². The Balaban J connectivity index is 2.17. The van der Waals surface area contributed by atoms with E-state index in [0.717, 1.165) is 12.3 Å². The summed E-state index contributed by atoms with van der Waals surface area (Å²) in [6.45, 7) is 6.76. The lowest BCUT2D eigenvalue weighted by molar-refractivity contribution is -0.00859. The fraction of sp³-hybridized carbons (Fsp3) is 1.00. The van der Waals surface area contributed by atoms with E-state index in [1.807, 2.05) is 0 Å². The van der Waals surface area contributed by atoms with Gasteiger partial charge in [-0.05, 0) is 29.6 Å². The molecule has 2 N–H and O–H groups in total. The van der Waals surface area contributed by atoms with Crippen LogP contribution < -0.4 is 0 Å². The van der Waals surface area contributed by atoms with Crippen molar-refractivity contribution in [1.29, 1.82) is 0 Å². The molecular formula is C11H20O2. The largest absolute Gasteiger partial charge is 0.396 e. The van der Waals surface area contributed by atoms with Gasteiger partial charge in [0.25, 0.3) is 0 Å². The monoisotopic (exact) mass is 184 g/mol. The first-order chi connectivity index (χ1) is 6.00. The molecule has 0 radical (unpaired) electrons. The highest BCUT2D eigenvalue weighted by Crippen LogP contribution is 2.67. The molecule has 0 saturated heterocycles. The summed E-state index contributed by atoms with van der Waals surface area (Å²) < 4.78 is 0. The van der Waals surface area contributed by atoms with Crippen molar-refractivity contribution in [2.45, 2.75) is 33.3 Å². The molecule has 0 bridgehead atoms. The summed E-state index contributed by atoms with van der Waals surface area (Å²) in [7, 11) is 0. The summed E-state index contributed by atoms with van der Waals surface area (Å²) >= 11 is 0. The standard InChI is InChI=1S/C11H20O2/c1-6-4-8-9(11(8,2)3)7(5-12)10(6)13/h6-10,12-13H,4-5H2,1-3H3/t6-,7?,8?,9?,10?/m1/s1. The average Bonchev–Trinajstić information content (AvgIpc) is 2.57. The molecule has 4 unspecified atom stereocenters. The van der Waals surface area contributed by atoms with Crippen LogP contribution in [0.15, 0.2) is 0 Å². The van der Waals surface area contributed by atoms with Gasteiger partial charge in [-0.25, -0.2) is 0 Å². The molecule has 2 fully saturated rings. The van der Waals surface area contributed by atoms with Gasteiger partial charge in [-0.1, -0.05) is 20.8 Å². The third-order valence-electron chi connectivity index (χ3n) is 4.46. The molecule has 0 aromatic heterocycles. The molecule has 0 aliphatic heterocycles. The lowest BCUT2D eigenvalue weighted by Crippen LogP contribution is -2.35. The van der Waals surface area contributed by atoms with Crippen LogP contribution in [-0.2, 0) is 0 Å². The summed E-state index contributed by atoms with van der Waals surface area (Å²) in [5.74, 6) is 1.79. The lowest BCUT2D eigenvalue weighted by atomic mass is 9.80. The second kappa shape index (κ2) is 2.71. The van der Waals surface area contributed by atoms with Gasteiger partial charge >= 0.3 is 0 Å². The van der Waals surface area contributed by atoms with Crippen LogP contribution in [0.25, 0.3) is 0 Å². The van der Waals surface area contributed by atoms with Gasteiger partial charge in [0.1, 0.15) is 0 Å². The van der Waals surface area contributed by atoms with Gasteiger partial charge < -0.3 is 10.2 Å². The Morgan fingerprint density at radius 2 is 2.00 bits per heavy atom. The molecule has 0 aromatic rings. The summed E-state index contributed by atoms with van der Waals surface area (Å²) in [5.41, 5.74) is 0.360. The Kier molecular flexibility index (Phi) is 1.97. The fourth-order valence-electron chi connectivity index (χ4n) is 3.48. The highest BCUT2D eigenvalue weighted by Gasteiger charge is 2.64. The average molecular weight is 184 g/mol. The number of hydrogen-bond donors (Lipinski definition) is 2. The predicted molar refractivity (Wildman–Crippen MR) is 51.1 cm³/mol. The molecule has 13 heavy (non-hydrogen) atoms. The molecule has 2 aliphatic carbocycles. The van der Waals surface area contributed by atoms with Gasteiger partial charge in [-0.2, -0.15) is 0 Å². The Morgan fingerprint density at radius 1 is 1.38 bits per heavy atom. The Morgan fingerprint density at radius 3 is 2.54 bits per heavy atom. The van der Waals surface area contributed by atoms with Crippen molar-refractivity contribution >= 4 is 0 Å². The summed E-state index contributed by atoms with van der Waals surface area (Å²) in [6.07, 6.45) is 0.850. The minimum Gasteiger partial charge on any atom is -0.396 e. The molecule has 5 atom stereocenters. The SMILES string of the molecule is C[C@@H]1CC2C(C(CO)C1O)C2(C)C. The maximum absolute atomic E-state index is 9.91. The maximum atomic E-state index is 9.91. The first-order valence-corrected chi connectivity index (χ1v) is 5.29. The van der Waals surface area contributed by atoms with Crippen molar-refractivity contribution in [1.82, 2.24) is 0 Å². The lowest BCUT2D eigenvalue weighted by Gasteiger charge is -2.31. The molecule has 2 aliphatic rings. The number of aliphatic hydroxyl groups is 2. The van der Waals surface area contributed by atoms with Crippen LogP contribution in [0.5, 0.6) is 0 Å². The highest BCUT2D eigenvalue weighted by molar-refractivity contribution is 5.12. The van der Waals surface area contributed by atoms with Crippen molar-refractivity contribution in [2.24, 2.45) is 29.1 Å². The van der Waals surface area contributed by atoms with Crippen LogP contribution in [-0.4, -0.2) is 22.9 Å². The predicted octanol–water partition coefficient (Wildman–Crippen LogP) is 1.27. The second-order valence-corrected chi connectivity index (χ2v) is 5.50. The van der Waals surface area contributed by atoms with Gasteiger partial charge in [-0.15, -0.1) is 0 Å². The second-order valence-electron chi connectivity index (χ2n) is 5.50. The molecule has 0 heterocycles. The third kappa shape index (κ3) is 1.15. The summed E-state index contributed by atoms with van der Waals surface area (Å²) in [5, 5.41) is 19.2. The first kappa shape index (κ1) is 9.47. The minimum absolute atomic E-state index is 0.128. The molecule has 0 spiro atoms. The van der Waals surface area contributed by atoms with E-state index in [1.54, 1.807) is 0 Å². The molecule has 2 rings (SSSR count). The zero-order valence-corrected chi connectivity index (χ0v) is 8.70. The van der Waals surface area contributed by atoms with Crippen LogP contribution in [0.3, 0.4) is 0 Å². The van der Waals surface area contributed by atoms with Crippen molar-refractivity contribution < 1.29 is 10.2 Å². The number of fused-ring (bicyclic) bond motifs is 1. The molecule has 2 nitrogen and oxygen atoms in total. The van der Waals surface area contributed by atoms with Crippen LogP contribution in [0.2, 0.25) is 0 Å². The quantitative estimate of drug-likeness (QED) is 0.644. The molecular weight excluding hydrogens is 164 g/mol. The van der Waals surface area contributed by atoms with Gasteiger partial charge in [0.05, 0.1) is 6.10 Å². The molecule has 0 amide bonds. The van der Waals surface area contributed by atoms with E-state index in [1.165, 1.54) is 0 Å². The zero-order chi connectivity index (χ0) is 9.80. The summed E-state index contributed by atoms with van der Waals surface area (Å²) in [6, 6.07) is 0. The van der Waals surface area contributed by atoms with Crippen molar-refractivity contribution in [2.75, 3.05) is 6.61 Å². The van der Waals surface area contributed by atoms with Crippen LogP contribution >= 0.6 is 0 Å². The van der Waals surface area contributed by atoms with Crippen LogP contribution in [0.4, 0.5) is 0 Å². The molecule has 76 valence electrons. The van der Waals surface area contributed by atoms with Gasteiger partial charge in [0, 0.05) is 12.5 Å². The van der Waals surface area contributed by atoms with Crippen LogP contribution in [0.1, 0.15) is 27.2 Å². The fourth-order valence-corrected chi connectivity index (χ4v) is 3.48. The van der Waals surface area contributed by atoms with E-state index < -0.39 is 0 Å². The van der Waals surface area contributed by atoms with Crippen LogP contribution in [0, 0.1) is 29.1 Å². The normalized spacial score (nSPS) is 52.8. The molecule has 2 heteroatoms. The van der Waals surface area contributed by atoms with Crippen molar-refractivity contribution in [3.63, 3.8) is 0 Å². The maximum Gasteiger partial charge on any atom is 0.0618 e. The highest BCUT2D eigenvalue weighted by atomic mass is 16.3. The zero-order valence-electron chi connectivity index (χ0n) is 8.70. The third-order valence-corrected chi connectivity index (χ3v) is 4.46. The Bertz CT molecular complexity index is 212. The van der Waals surface area contributed by atoms with Gasteiger partial charge in [-0.3, -0.25) is 0 Å². The molecule has 0 aromatic carbocycles. The number of rotatable bonds is 1. The number of aliphatic hydroxyl groups excluding tert-OH is 2. The van der Waals surface area contributed by atoms with Gasteiger partial charge in [0.2, 0.25) is 0 Å².